The molecule has 3 aromatic carbocycles. The lowest BCUT2D eigenvalue weighted by atomic mass is 9.84. The Bertz CT molecular complexity index is 1270. The van der Waals surface area contributed by atoms with Crippen molar-refractivity contribution < 1.29 is 18.7 Å². The highest BCUT2D eigenvalue weighted by molar-refractivity contribution is 5.92. The lowest BCUT2D eigenvalue weighted by molar-refractivity contribution is 0.242. The van der Waals surface area contributed by atoms with Crippen LogP contribution in [0.1, 0.15) is 61.4 Å². The fraction of sp³-hybridized carbons (Fsp3) is 0.367. The zero-order valence-electron chi connectivity index (χ0n) is 21.4. The van der Waals surface area contributed by atoms with Crippen molar-refractivity contribution in [3.05, 3.63) is 94.0 Å². The Morgan fingerprint density at radius 1 is 1.08 bits per heavy atom. The summed E-state index contributed by atoms with van der Waals surface area (Å²) < 4.78 is 28.7. The molecule has 4 nitrogen and oxygen atoms in total. The van der Waals surface area contributed by atoms with Gasteiger partial charge in [0, 0.05) is 18.7 Å². The number of phenols is 1. The number of phenolic OH excluding ortho intramolecular Hbond substituents is 1. The van der Waals surface area contributed by atoms with Gasteiger partial charge >= 0.3 is 6.03 Å². The van der Waals surface area contributed by atoms with Gasteiger partial charge in [-0.1, -0.05) is 45.0 Å². The second-order valence-electron chi connectivity index (χ2n) is 10.7. The zero-order valence-corrected chi connectivity index (χ0v) is 21.4. The van der Waals surface area contributed by atoms with E-state index in [1.165, 1.54) is 22.6 Å². The number of rotatable bonds is 4. The molecule has 6 heteroatoms. The molecule has 1 aliphatic rings. The molecular formula is C30H34F2N2O2. The second-order valence-corrected chi connectivity index (χ2v) is 10.7. The number of carbonyl (C=O) groups is 1. The second kappa shape index (κ2) is 10.3. The number of nitrogens with one attached hydrogen (secondary N) is 1. The van der Waals surface area contributed by atoms with Crippen LogP contribution in [-0.4, -0.2) is 17.2 Å². The molecular weight excluding hydrogens is 458 g/mol. The molecule has 0 aromatic heterocycles. The summed E-state index contributed by atoms with van der Waals surface area (Å²) in [7, 11) is 0. The molecule has 3 aromatic rings. The number of amides is 2. The van der Waals surface area contributed by atoms with Gasteiger partial charge in [-0.25, -0.2) is 13.6 Å². The number of urea groups is 1. The summed E-state index contributed by atoms with van der Waals surface area (Å²) in [4.78, 5) is 15.1. The smallest absolute Gasteiger partial charge is 0.322 e. The van der Waals surface area contributed by atoms with E-state index < -0.39 is 17.7 Å². The number of anilines is 1. The maximum atomic E-state index is 15.0. The van der Waals surface area contributed by atoms with E-state index in [1.807, 2.05) is 45.9 Å². The molecule has 0 aliphatic heterocycles. The van der Waals surface area contributed by atoms with E-state index in [0.29, 0.717) is 12.8 Å². The number of hydrogen-bond donors (Lipinski definition) is 2. The Labute approximate surface area is 212 Å². The number of fused-ring (bicyclic) bond motifs is 1. The van der Waals surface area contributed by atoms with E-state index in [-0.39, 0.29) is 29.4 Å². The molecule has 0 radical (unpaired) electrons. The molecule has 0 saturated carbocycles. The van der Waals surface area contributed by atoms with E-state index in [0.717, 1.165) is 41.2 Å². The number of aryl methyl sites for hydroxylation is 2. The fourth-order valence-corrected chi connectivity index (χ4v) is 5.04. The van der Waals surface area contributed by atoms with Crippen LogP contribution in [0, 0.1) is 18.6 Å². The number of carbonyl (C=O) groups excluding carboxylic acids is 1. The lowest BCUT2D eigenvalue weighted by Crippen LogP contribution is -2.47. The molecule has 190 valence electrons. The van der Waals surface area contributed by atoms with Crippen LogP contribution < -0.4 is 10.2 Å². The molecule has 2 N–H and O–H groups in total. The maximum Gasteiger partial charge on any atom is 0.322 e. The van der Waals surface area contributed by atoms with Gasteiger partial charge in [-0.05, 0) is 90.1 Å². The van der Waals surface area contributed by atoms with E-state index in [9.17, 15) is 18.7 Å². The summed E-state index contributed by atoms with van der Waals surface area (Å²) in [5, 5.41) is 13.4. The van der Waals surface area contributed by atoms with Gasteiger partial charge in [-0.2, -0.15) is 0 Å². The van der Waals surface area contributed by atoms with Gasteiger partial charge in [0.2, 0.25) is 0 Å². The first-order chi connectivity index (χ1) is 17.0. The molecule has 0 bridgehead atoms. The van der Waals surface area contributed by atoms with Crippen molar-refractivity contribution in [3.8, 4) is 5.75 Å². The Morgan fingerprint density at radius 3 is 2.50 bits per heavy atom. The molecule has 1 unspecified atom stereocenters. The first-order valence-corrected chi connectivity index (χ1v) is 12.5. The Morgan fingerprint density at radius 2 is 1.81 bits per heavy atom. The third kappa shape index (κ3) is 5.53. The van der Waals surface area contributed by atoms with Crippen molar-refractivity contribution in [2.24, 2.45) is 0 Å². The molecule has 0 saturated heterocycles. The minimum Gasteiger partial charge on any atom is -0.508 e. The Hall–Kier alpha value is -3.41. The van der Waals surface area contributed by atoms with Crippen molar-refractivity contribution in [1.29, 1.82) is 0 Å². The average molecular weight is 493 g/mol. The van der Waals surface area contributed by atoms with Crippen LogP contribution >= 0.6 is 0 Å². The van der Waals surface area contributed by atoms with Crippen LogP contribution in [0.4, 0.5) is 19.3 Å². The minimum absolute atomic E-state index is 0.0658. The van der Waals surface area contributed by atoms with Crippen LogP contribution in [0.5, 0.6) is 5.75 Å². The van der Waals surface area contributed by atoms with Crippen molar-refractivity contribution in [1.82, 2.24) is 5.32 Å². The maximum absolute atomic E-state index is 15.0. The van der Waals surface area contributed by atoms with Crippen molar-refractivity contribution in [2.75, 3.05) is 4.90 Å². The first kappa shape index (κ1) is 25.7. The molecule has 0 heterocycles. The van der Waals surface area contributed by atoms with Gasteiger partial charge in [0.15, 0.2) is 0 Å². The van der Waals surface area contributed by atoms with Crippen molar-refractivity contribution >= 4 is 11.7 Å². The molecule has 4 rings (SSSR count). The molecule has 1 aliphatic carbocycles. The Balaban J connectivity index is 1.65. The number of halogens is 2. The lowest BCUT2D eigenvalue weighted by Gasteiger charge is -2.32. The van der Waals surface area contributed by atoms with Crippen LogP contribution in [-0.2, 0) is 24.8 Å². The predicted molar refractivity (Wildman–Crippen MR) is 139 cm³/mol. The predicted octanol–water partition coefficient (Wildman–Crippen LogP) is 6.94. The van der Waals surface area contributed by atoms with Crippen molar-refractivity contribution in [2.45, 2.75) is 71.4 Å². The number of hydrogen-bond acceptors (Lipinski definition) is 2. The third-order valence-electron chi connectivity index (χ3n) is 7.00. The summed E-state index contributed by atoms with van der Waals surface area (Å²) >= 11 is 0. The van der Waals surface area contributed by atoms with E-state index in [1.54, 1.807) is 6.07 Å². The van der Waals surface area contributed by atoms with Gasteiger partial charge in [-0.15, -0.1) is 0 Å². The summed E-state index contributed by atoms with van der Waals surface area (Å²) in [6.45, 7) is 8.15. The molecule has 0 fully saturated rings. The number of nitrogens with zero attached hydrogens (tertiary/aromatic N) is 1. The highest BCUT2D eigenvalue weighted by Gasteiger charge is 2.30. The molecule has 36 heavy (non-hydrogen) atoms. The zero-order chi connectivity index (χ0) is 26.0. The van der Waals surface area contributed by atoms with E-state index >= 15 is 0 Å². The van der Waals surface area contributed by atoms with Gasteiger partial charge < -0.3 is 10.4 Å². The van der Waals surface area contributed by atoms with Crippen LogP contribution in [0.3, 0.4) is 0 Å². The summed E-state index contributed by atoms with van der Waals surface area (Å²) in [6, 6.07) is 14.4. The minimum atomic E-state index is -0.765. The topological polar surface area (TPSA) is 52.6 Å². The summed E-state index contributed by atoms with van der Waals surface area (Å²) in [6.07, 6.45) is 3.05. The number of benzene rings is 3. The molecule has 1 atom stereocenters. The van der Waals surface area contributed by atoms with Gasteiger partial charge in [0.1, 0.15) is 17.4 Å². The summed E-state index contributed by atoms with van der Waals surface area (Å²) in [5.41, 5.74) is 4.70. The highest BCUT2D eigenvalue weighted by atomic mass is 19.1. The third-order valence-corrected chi connectivity index (χ3v) is 7.00. The SMILES string of the molecule is Cc1cc(O)c(C(C)(C)C)cc1CNC(=O)N(c1ccc(F)cc1F)C1CCCc2ccccc2C1. The average Bonchev–Trinajstić information content (AvgIpc) is 3.01. The van der Waals surface area contributed by atoms with Crippen LogP contribution in [0.2, 0.25) is 0 Å². The highest BCUT2D eigenvalue weighted by Crippen LogP contribution is 2.33. The largest absolute Gasteiger partial charge is 0.508 e. The van der Waals surface area contributed by atoms with Gasteiger partial charge in [-0.3, -0.25) is 4.90 Å². The number of aromatic hydroxyl groups is 1. The molecule has 2 amide bonds. The standard InChI is InChI=1S/C30H34F2N2O2/c1-19-14-28(35)25(30(2,3)4)16-22(19)18-33-29(36)34(27-13-12-23(31)17-26(27)32)24-11-7-10-20-8-5-6-9-21(20)15-24/h5-6,8-9,12-14,16-17,24,35H,7,10-11,15,18H2,1-4H3,(H,33,36). The van der Waals surface area contributed by atoms with Crippen molar-refractivity contribution in [3.63, 3.8) is 0 Å². The van der Waals surface area contributed by atoms with Gasteiger partial charge in [0.25, 0.3) is 0 Å². The van der Waals surface area contributed by atoms with E-state index in [4.69, 9.17) is 0 Å². The fourth-order valence-electron chi connectivity index (χ4n) is 5.04. The van der Waals surface area contributed by atoms with E-state index in [2.05, 4.69) is 17.4 Å². The first-order valence-electron chi connectivity index (χ1n) is 12.5. The normalized spacial score (nSPS) is 15.7. The monoisotopic (exact) mass is 492 g/mol. The van der Waals surface area contributed by atoms with Crippen LogP contribution in [0.15, 0.2) is 54.6 Å². The van der Waals surface area contributed by atoms with Gasteiger partial charge in [0.05, 0.1) is 5.69 Å². The Kier molecular flexibility index (Phi) is 7.34. The molecule has 0 spiro atoms. The quantitative estimate of drug-likeness (QED) is 0.388. The van der Waals surface area contributed by atoms with Crippen LogP contribution in [0.25, 0.3) is 0 Å². The summed E-state index contributed by atoms with van der Waals surface area (Å²) in [5.74, 6) is -1.22.